The second-order valence-electron chi connectivity index (χ2n) is 6.04. The molecule has 0 aliphatic heterocycles. The number of hydrogen-bond donors (Lipinski definition) is 0. The minimum Gasteiger partial charge on any atom is -0.299 e. The van der Waals surface area contributed by atoms with Gasteiger partial charge in [-0.25, -0.2) is 0 Å². The Morgan fingerprint density at radius 2 is 1.64 bits per heavy atom. The molecule has 0 amide bonds. The summed E-state index contributed by atoms with van der Waals surface area (Å²) in [4.78, 5) is 12.2. The molecule has 0 atom stereocenters. The van der Waals surface area contributed by atoms with Crippen molar-refractivity contribution in [2.24, 2.45) is 16.7 Å². The third-order valence-electron chi connectivity index (χ3n) is 4.97. The number of ketones is 1. The molecule has 80 valence electrons. The van der Waals surface area contributed by atoms with Crippen molar-refractivity contribution in [2.45, 2.75) is 59.3 Å². The Kier molecular flexibility index (Phi) is 2.24. The molecule has 3 saturated carbocycles. The summed E-state index contributed by atoms with van der Waals surface area (Å²) in [7, 11) is 0. The zero-order valence-corrected chi connectivity index (χ0v) is 9.73. The van der Waals surface area contributed by atoms with Crippen molar-refractivity contribution in [2.75, 3.05) is 0 Å². The second-order valence-corrected chi connectivity index (χ2v) is 6.04. The van der Waals surface area contributed by atoms with Gasteiger partial charge in [-0.1, -0.05) is 20.8 Å². The first-order valence-electron chi connectivity index (χ1n) is 6.02. The lowest BCUT2D eigenvalue weighted by molar-refractivity contribution is -0.132. The van der Waals surface area contributed by atoms with E-state index < -0.39 is 0 Å². The van der Waals surface area contributed by atoms with Gasteiger partial charge in [0.15, 0.2) is 0 Å². The van der Waals surface area contributed by atoms with E-state index in [2.05, 4.69) is 20.8 Å². The SMILES string of the molecule is CC(C)C12CCC(C)(CCC1=O)CC2. The van der Waals surface area contributed by atoms with Crippen LogP contribution >= 0.6 is 0 Å². The van der Waals surface area contributed by atoms with Crippen LogP contribution in [-0.4, -0.2) is 5.78 Å². The Hall–Kier alpha value is -0.330. The normalized spacial score (nSPS) is 43.0. The van der Waals surface area contributed by atoms with Crippen LogP contribution in [0.25, 0.3) is 0 Å². The van der Waals surface area contributed by atoms with Crippen LogP contribution in [0.4, 0.5) is 0 Å². The lowest BCUT2D eigenvalue weighted by atomic mass is 9.61. The molecule has 0 aromatic carbocycles. The molecule has 1 heteroatoms. The molecule has 0 aromatic heterocycles. The fourth-order valence-electron chi connectivity index (χ4n) is 3.39. The molecule has 3 rings (SSSR count). The van der Waals surface area contributed by atoms with E-state index in [9.17, 15) is 4.79 Å². The molecular weight excluding hydrogens is 172 g/mol. The van der Waals surface area contributed by atoms with Gasteiger partial charge in [0.2, 0.25) is 0 Å². The van der Waals surface area contributed by atoms with Crippen molar-refractivity contribution in [3.8, 4) is 0 Å². The third kappa shape index (κ3) is 1.32. The largest absolute Gasteiger partial charge is 0.299 e. The summed E-state index contributed by atoms with van der Waals surface area (Å²) in [6.07, 6.45) is 6.84. The van der Waals surface area contributed by atoms with Crippen molar-refractivity contribution in [3.05, 3.63) is 0 Å². The average molecular weight is 194 g/mol. The van der Waals surface area contributed by atoms with Gasteiger partial charge in [-0.15, -0.1) is 0 Å². The standard InChI is InChI=1S/C13H22O/c1-10(2)13-8-6-12(3,7-9-13)5-4-11(13)14/h10H,4-9H2,1-3H3. The number of carbonyl (C=O) groups is 1. The zero-order chi connectivity index (χ0) is 10.4. The Balaban J connectivity index is 2.31. The van der Waals surface area contributed by atoms with E-state index >= 15 is 0 Å². The Morgan fingerprint density at radius 1 is 1.07 bits per heavy atom. The Labute approximate surface area is 87.3 Å². The van der Waals surface area contributed by atoms with Crippen LogP contribution in [0.3, 0.4) is 0 Å². The first-order chi connectivity index (χ1) is 6.49. The second kappa shape index (κ2) is 3.08. The summed E-state index contributed by atoms with van der Waals surface area (Å²) >= 11 is 0. The summed E-state index contributed by atoms with van der Waals surface area (Å²) in [6, 6.07) is 0. The van der Waals surface area contributed by atoms with Gasteiger partial charge in [-0.2, -0.15) is 0 Å². The Morgan fingerprint density at radius 3 is 2.14 bits per heavy atom. The molecule has 14 heavy (non-hydrogen) atoms. The first kappa shape index (κ1) is 10.2. The van der Waals surface area contributed by atoms with E-state index in [4.69, 9.17) is 0 Å². The van der Waals surface area contributed by atoms with E-state index in [-0.39, 0.29) is 5.41 Å². The molecule has 3 aliphatic rings. The molecule has 0 spiro atoms. The van der Waals surface area contributed by atoms with Crippen LogP contribution in [0.1, 0.15) is 59.3 Å². The molecule has 1 nitrogen and oxygen atoms in total. The number of rotatable bonds is 1. The predicted molar refractivity (Wildman–Crippen MR) is 58.1 cm³/mol. The molecule has 3 aliphatic carbocycles. The van der Waals surface area contributed by atoms with Crippen LogP contribution in [0.15, 0.2) is 0 Å². The molecule has 0 radical (unpaired) electrons. The van der Waals surface area contributed by atoms with Gasteiger partial charge >= 0.3 is 0 Å². The van der Waals surface area contributed by atoms with Crippen molar-refractivity contribution in [1.82, 2.24) is 0 Å². The maximum Gasteiger partial charge on any atom is 0.139 e. The van der Waals surface area contributed by atoms with Crippen molar-refractivity contribution in [3.63, 3.8) is 0 Å². The fraction of sp³-hybridized carbons (Fsp3) is 0.923. The summed E-state index contributed by atoms with van der Waals surface area (Å²) < 4.78 is 0. The highest BCUT2D eigenvalue weighted by atomic mass is 16.1. The molecule has 0 saturated heterocycles. The highest BCUT2D eigenvalue weighted by Gasteiger charge is 2.49. The predicted octanol–water partition coefficient (Wildman–Crippen LogP) is 3.57. The number of fused-ring (bicyclic) bond motifs is 4. The zero-order valence-electron chi connectivity index (χ0n) is 9.73. The minimum absolute atomic E-state index is 0.0655. The lowest BCUT2D eigenvalue weighted by Crippen LogP contribution is -2.38. The average Bonchev–Trinajstić information content (AvgIpc) is 2.34. The monoisotopic (exact) mass is 194 g/mol. The van der Waals surface area contributed by atoms with E-state index in [1.165, 1.54) is 12.8 Å². The molecule has 2 bridgehead atoms. The van der Waals surface area contributed by atoms with Gasteiger partial charge < -0.3 is 0 Å². The van der Waals surface area contributed by atoms with Gasteiger partial charge in [0.1, 0.15) is 5.78 Å². The van der Waals surface area contributed by atoms with Crippen LogP contribution in [-0.2, 0) is 4.79 Å². The van der Waals surface area contributed by atoms with Crippen LogP contribution < -0.4 is 0 Å². The van der Waals surface area contributed by atoms with E-state index in [0.29, 0.717) is 17.1 Å². The van der Waals surface area contributed by atoms with Crippen LogP contribution in [0.2, 0.25) is 0 Å². The lowest BCUT2D eigenvalue weighted by Gasteiger charge is -2.42. The topological polar surface area (TPSA) is 17.1 Å². The minimum atomic E-state index is 0.0655. The van der Waals surface area contributed by atoms with Gasteiger partial charge in [0.25, 0.3) is 0 Å². The fourth-order valence-corrected chi connectivity index (χ4v) is 3.39. The molecule has 0 N–H and O–H groups in total. The summed E-state index contributed by atoms with van der Waals surface area (Å²) in [6.45, 7) is 6.83. The Bertz CT molecular complexity index is 244. The van der Waals surface area contributed by atoms with E-state index in [0.717, 1.165) is 25.7 Å². The molecule has 0 heterocycles. The van der Waals surface area contributed by atoms with Crippen molar-refractivity contribution in [1.29, 1.82) is 0 Å². The van der Waals surface area contributed by atoms with Crippen molar-refractivity contribution >= 4 is 5.78 Å². The quantitative estimate of drug-likeness (QED) is 0.623. The third-order valence-corrected chi connectivity index (χ3v) is 4.97. The van der Waals surface area contributed by atoms with Gasteiger partial charge in [-0.05, 0) is 43.4 Å². The van der Waals surface area contributed by atoms with Crippen molar-refractivity contribution < 1.29 is 4.79 Å². The van der Waals surface area contributed by atoms with Gasteiger partial charge in [0.05, 0.1) is 0 Å². The van der Waals surface area contributed by atoms with Gasteiger partial charge in [-0.3, -0.25) is 4.79 Å². The molecule has 0 aromatic rings. The first-order valence-corrected chi connectivity index (χ1v) is 6.02. The highest BCUT2D eigenvalue weighted by molar-refractivity contribution is 5.85. The number of Topliss-reactive ketones (excluding diaryl/α,β-unsaturated/α-hetero) is 1. The van der Waals surface area contributed by atoms with Gasteiger partial charge in [0, 0.05) is 11.8 Å². The maximum atomic E-state index is 12.2. The molecule has 3 fully saturated rings. The van der Waals surface area contributed by atoms with E-state index in [1.807, 2.05) is 0 Å². The summed E-state index contributed by atoms with van der Waals surface area (Å²) in [5.41, 5.74) is 0.556. The maximum absolute atomic E-state index is 12.2. The molecular formula is C13H22O. The number of hydrogen-bond acceptors (Lipinski definition) is 1. The van der Waals surface area contributed by atoms with Crippen LogP contribution in [0, 0.1) is 16.7 Å². The molecule has 0 unspecified atom stereocenters. The van der Waals surface area contributed by atoms with E-state index in [1.54, 1.807) is 0 Å². The highest BCUT2D eigenvalue weighted by Crippen LogP contribution is 2.55. The number of carbonyl (C=O) groups excluding carboxylic acids is 1. The summed E-state index contributed by atoms with van der Waals surface area (Å²) in [5, 5.41) is 0. The van der Waals surface area contributed by atoms with Crippen LogP contribution in [0.5, 0.6) is 0 Å². The smallest absolute Gasteiger partial charge is 0.139 e. The summed E-state index contributed by atoms with van der Waals surface area (Å²) in [5.74, 6) is 1.10.